The molecule has 2 aromatic rings. The Hall–Kier alpha value is -2.16. The summed E-state index contributed by atoms with van der Waals surface area (Å²) in [6, 6.07) is 9.87. The van der Waals surface area contributed by atoms with Gasteiger partial charge in [-0.1, -0.05) is 19.1 Å². The van der Waals surface area contributed by atoms with Gasteiger partial charge in [-0.25, -0.2) is 12.8 Å². The second kappa shape index (κ2) is 10.4. The topological polar surface area (TPSA) is 87.3 Å². The lowest BCUT2D eigenvalue weighted by molar-refractivity contribution is 0.0951. The summed E-state index contributed by atoms with van der Waals surface area (Å²) in [5.74, 6) is -0.894. The lowest BCUT2D eigenvalue weighted by atomic mass is 10.1. The molecule has 0 unspecified atom stereocenters. The number of rotatable bonds is 8. The second-order valence-electron chi connectivity index (χ2n) is 6.23. The van der Waals surface area contributed by atoms with Gasteiger partial charge < -0.3 is 10.6 Å². The summed E-state index contributed by atoms with van der Waals surface area (Å²) < 4.78 is 41.1. The second-order valence-corrected chi connectivity index (χ2v) is 7.88. The number of para-hydroxylation sites is 1. The van der Waals surface area contributed by atoms with Gasteiger partial charge in [0.05, 0.1) is 16.1 Å². The number of carbonyl (C=O) groups excluding carboxylic acids is 1. The molecule has 0 heterocycles. The number of halogens is 2. The first kappa shape index (κ1) is 23.9. The van der Waals surface area contributed by atoms with Crippen molar-refractivity contribution >= 4 is 34.0 Å². The van der Waals surface area contributed by atoms with E-state index in [1.54, 1.807) is 18.2 Å². The van der Waals surface area contributed by atoms with Crippen LogP contribution in [0.3, 0.4) is 0 Å². The molecule has 2 aromatic carbocycles. The van der Waals surface area contributed by atoms with Gasteiger partial charge >= 0.3 is 0 Å². The minimum atomic E-state index is -3.97. The Morgan fingerprint density at radius 2 is 1.86 bits per heavy atom. The Morgan fingerprint density at radius 1 is 1.18 bits per heavy atom. The SMILES string of the molecule is CCN[C@H](C)CNC(=O)c1ccccc1NS(=O)(=O)c1ccc(F)cc1C.Cl. The Labute approximate surface area is 171 Å². The van der Waals surface area contributed by atoms with Crippen LogP contribution in [0.1, 0.15) is 29.8 Å². The summed E-state index contributed by atoms with van der Waals surface area (Å²) in [7, 11) is -3.97. The molecule has 1 amide bonds. The molecule has 0 aliphatic rings. The van der Waals surface area contributed by atoms with Gasteiger partial charge in [0.15, 0.2) is 0 Å². The quantitative estimate of drug-likeness (QED) is 0.601. The number of aryl methyl sites for hydroxylation is 1. The van der Waals surface area contributed by atoms with Crippen molar-refractivity contribution in [1.29, 1.82) is 0 Å². The van der Waals surface area contributed by atoms with Gasteiger partial charge in [0, 0.05) is 12.6 Å². The van der Waals surface area contributed by atoms with Crippen molar-refractivity contribution in [3.8, 4) is 0 Å². The zero-order chi connectivity index (χ0) is 20.0. The summed E-state index contributed by atoms with van der Waals surface area (Å²) in [5.41, 5.74) is 0.656. The first-order chi connectivity index (χ1) is 12.7. The summed E-state index contributed by atoms with van der Waals surface area (Å²) in [4.78, 5) is 12.4. The normalized spacial score (nSPS) is 12.0. The van der Waals surface area contributed by atoms with Crippen molar-refractivity contribution in [2.24, 2.45) is 0 Å². The summed E-state index contributed by atoms with van der Waals surface area (Å²) in [5, 5.41) is 5.96. The van der Waals surface area contributed by atoms with E-state index in [1.165, 1.54) is 19.1 Å². The predicted molar refractivity (Wildman–Crippen MR) is 111 cm³/mol. The van der Waals surface area contributed by atoms with Crippen LogP contribution in [0, 0.1) is 12.7 Å². The van der Waals surface area contributed by atoms with Crippen LogP contribution < -0.4 is 15.4 Å². The number of anilines is 1. The zero-order valence-corrected chi connectivity index (χ0v) is 17.6. The van der Waals surface area contributed by atoms with E-state index in [-0.39, 0.29) is 46.1 Å². The minimum absolute atomic E-state index is 0. The fourth-order valence-electron chi connectivity index (χ4n) is 2.65. The highest BCUT2D eigenvalue weighted by atomic mass is 35.5. The van der Waals surface area contributed by atoms with Gasteiger partial charge in [-0.3, -0.25) is 9.52 Å². The van der Waals surface area contributed by atoms with E-state index in [0.29, 0.717) is 6.54 Å². The van der Waals surface area contributed by atoms with E-state index in [1.807, 2.05) is 13.8 Å². The van der Waals surface area contributed by atoms with Gasteiger partial charge in [0.2, 0.25) is 0 Å². The first-order valence-electron chi connectivity index (χ1n) is 8.64. The predicted octanol–water partition coefficient (Wildman–Crippen LogP) is 3.08. The average molecular weight is 430 g/mol. The smallest absolute Gasteiger partial charge is 0.262 e. The van der Waals surface area contributed by atoms with E-state index in [9.17, 15) is 17.6 Å². The maximum absolute atomic E-state index is 13.3. The van der Waals surface area contributed by atoms with Gasteiger partial charge in [0.25, 0.3) is 15.9 Å². The highest BCUT2D eigenvalue weighted by molar-refractivity contribution is 7.92. The minimum Gasteiger partial charge on any atom is -0.350 e. The molecule has 28 heavy (non-hydrogen) atoms. The van der Waals surface area contributed by atoms with E-state index in [2.05, 4.69) is 15.4 Å². The van der Waals surface area contributed by atoms with E-state index >= 15 is 0 Å². The van der Waals surface area contributed by atoms with Crippen molar-refractivity contribution in [2.45, 2.75) is 31.7 Å². The van der Waals surface area contributed by atoms with Crippen molar-refractivity contribution in [1.82, 2.24) is 10.6 Å². The molecule has 0 radical (unpaired) electrons. The molecule has 3 N–H and O–H groups in total. The number of sulfonamides is 1. The highest BCUT2D eigenvalue weighted by Crippen LogP contribution is 2.22. The van der Waals surface area contributed by atoms with Crippen molar-refractivity contribution in [3.05, 3.63) is 59.4 Å². The number of amides is 1. The fourth-order valence-corrected chi connectivity index (χ4v) is 3.95. The van der Waals surface area contributed by atoms with E-state index in [4.69, 9.17) is 0 Å². The summed E-state index contributed by atoms with van der Waals surface area (Å²) in [6.45, 7) is 6.61. The zero-order valence-electron chi connectivity index (χ0n) is 16.0. The molecule has 2 rings (SSSR count). The molecule has 6 nitrogen and oxygen atoms in total. The molecule has 0 bridgehead atoms. The van der Waals surface area contributed by atoms with Gasteiger partial charge in [0.1, 0.15) is 5.82 Å². The van der Waals surface area contributed by atoms with Crippen LogP contribution in [-0.4, -0.2) is 33.5 Å². The van der Waals surface area contributed by atoms with Gasteiger partial charge in [-0.15, -0.1) is 12.4 Å². The Bertz CT molecular complexity index is 922. The molecular weight excluding hydrogens is 405 g/mol. The number of likely N-dealkylation sites (N-methyl/N-ethyl adjacent to an activating group) is 1. The van der Waals surface area contributed by atoms with Gasteiger partial charge in [-0.05, 0) is 56.3 Å². The van der Waals surface area contributed by atoms with Crippen LogP contribution in [0.25, 0.3) is 0 Å². The standard InChI is InChI=1S/C19H24FN3O3S.ClH/c1-4-21-14(3)12-22-19(24)16-7-5-6-8-17(16)23-27(25,26)18-10-9-15(20)11-13(18)2;/h5-11,14,21,23H,4,12H2,1-3H3,(H,22,24);1H/t14-;/m1./s1. The van der Waals surface area contributed by atoms with Crippen LogP contribution in [-0.2, 0) is 10.0 Å². The van der Waals surface area contributed by atoms with E-state index < -0.39 is 15.8 Å². The van der Waals surface area contributed by atoms with Crippen LogP contribution in [0.15, 0.2) is 47.4 Å². The number of hydrogen-bond donors (Lipinski definition) is 3. The Morgan fingerprint density at radius 3 is 2.50 bits per heavy atom. The summed E-state index contributed by atoms with van der Waals surface area (Å²) >= 11 is 0. The molecule has 1 atom stereocenters. The molecular formula is C19H25ClFN3O3S. The van der Waals surface area contributed by atoms with Crippen LogP contribution in [0.4, 0.5) is 10.1 Å². The highest BCUT2D eigenvalue weighted by Gasteiger charge is 2.20. The van der Waals surface area contributed by atoms with Crippen molar-refractivity contribution in [2.75, 3.05) is 17.8 Å². The lowest BCUT2D eigenvalue weighted by Crippen LogP contribution is -2.39. The lowest BCUT2D eigenvalue weighted by Gasteiger charge is -2.16. The van der Waals surface area contributed by atoms with Crippen LogP contribution in [0.5, 0.6) is 0 Å². The molecule has 0 spiro atoms. The third kappa shape index (κ3) is 6.19. The number of nitrogens with one attached hydrogen (secondary N) is 3. The van der Waals surface area contributed by atoms with Crippen LogP contribution >= 0.6 is 12.4 Å². The fraction of sp³-hybridized carbons (Fsp3) is 0.316. The largest absolute Gasteiger partial charge is 0.350 e. The Kier molecular flexibility index (Phi) is 8.87. The van der Waals surface area contributed by atoms with Crippen molar-refractivity contribution < 1.29 is 17.6 Å². The van der Waals surface area contributed by atoms with Crippen molar-refractivity contribution in [3.63, 3.8) is 0 Å². The molecule has 0 saturated carbocycles. The summed E-state index contributed by atoms with van der Waals surface area (Å²) in [6.07, 6.45) is 0. The molecule has 0 saturated heterocycles. The number of carbonyl (C=O) groups is 1. The molecule has 0 aliphatic carbocycles. The monoisotopic (exact) mass is 429 g/mol. The maximum atomic E-state index is 13.3. The third-order valence-corrected chi connectivity index (χ3v) is 5.49. The molecule has 154 valence electrons. The molecule has 0 fully saturated rings. The van der Waals surface area contributed by atoms with E-state index in [0.717, 1.165) is 18.7 Å². The first-order valence-corrected chi connectivity index (χ1v) is 10.1. The average Bonchev–Trinajstić information content (AvgIpc) is 2.59. The molecule has 0 aromatic heterocycles. The Balaban J connectivity index is 0.00000392. The van der Waals surface area contributed by atoms with Crippen LogP contribution in [0.2, 0.25) is 0 Å². The molecule has 9 heteroatoms. The maximum Gasteiger partial charge on any atom is 0.262 e. The molecule has 0 aliphatic heterocycles. The third-order valence-electron chi connectivity index (χ3n) is 3.96. The number of hydrogen-bond acceptors (Lipinski definition) is 4. The number of benzene rings is 2. The van der Waals surface area contributed by atoms with Gasteiger partial charge in [-0.2, -0.15) is 0 Å².